The van der Waals surface area contributed by atoms with Crippen molar-refractivity contribution in [2.24, 2.45) is 0 Å². The van der Waals surface area contributed by atoms with E-state index in [2.05, 4.69) is 10.6 Å². The van der Waals surface area contributed by atoms with Gasteiger partial charge in [0.1, 0.15) is 11.8 Å². The van der Waals surface area contributed by atoms with Crippen LogP contribution in [0.2, 0.25) is 0 Å². The van der Waals surface area contributed by atoms with Gasteiger partial charge in [0.25, 0.3) is 11.6 Å². The smallest absolute Gasteiger partial charge is 0.273 e. The van der Waals surface area contributed by atoms with Gasteiger partial charge < -0.3 is 15.4 Å². The Labute approximate surface area is 134 Å². The summed E-state index contributed by atoms with van der Waals surface area (Å²) in [6.45, 7) is 6.74. The molecule has 0 saturated carbocycles. The molecule has 2 amide bonds. The Morgan fingerprint density at radius 1 is 1.35 bits per heavy atom. The molecule has 1 rings (SSSR count). The van der Waals surface area contributed by atoms with Crippen molar-refractivity contribution in [3.63, 3.8) is 0 Å². The van der Waals surface area contributed by atoms with Crippen LogP contribution in [0.5, 0.6) is 5.75 Å². The lowest BCUT2D eigenvalue weighted by molar-refractivity contribution is -0.384. The van der Waals surface area contributed by atoms with Crippen molar-refractivity contribution in [1.29, 1.82) is 0 Å². The fourth-order valence-corrected chi connectivity index (χ4v) is 1.66. The Balaban J connectivity index is 2.49. The number of amides is 2. The molecule has 0 aliphatic carbocycles. The number of nitro benzene ring substituents is 1. The molecule has 126 valence electrons. The monoisotopic (exact) mass is 323 g/mol. The van der Waals surface area contributed by atoms with E-state index in [0.717, 1.165) is 0 Å². The van der Waals surface area contributed by atoms with Gasteiger partial charge in [-0.3, -0.25) is 19.7 Å². The average Bonchev–Trinajstić information content (AvgIpc) is 2.43. The molecule has 8 heteroatoms. The largest absolute Gasteiger partial charge is 0.484 e. The zero-order valence-corrected chi connectivity index (χ0v) is 13.6. The number of nitrogens with one attached hydrogen (secondary N) is 2. The fraction of sp³-hybridized carbons (Fsp3) is 0.467. The van der Waals surface area contributed by atoms with Crippen LogP contribution < -0.4 is 15.4 Å². The van der Waals surface area contributed by atoms with Crippen molar-refractivity contribution in [3.05, 3.63) is 34.4 Å². The second-order valence-corrected chi connectivity index (χ2v) is 6.07. The van der Waals surface area contributed by atoms with E-state index < -0.39 is 22.4 Å². The molecular weight excluding hydrogens is 302 g/mol. The fourth-order valence-electron chi connectivity index (χ4n) is 1.66. The van der Waals surface area contributed by atoms with Gasteiger partial charge in [-0.1, -0.05) is 6.07 Å². The summed E-state index contributed by atoms with van der Waals surface area (Å²) in [6, 6.07) is 4.81. The van der Waals surface area contributed by atoms with Crippen LogP contribution in [0, 0.1) is 10.1 Å². The molecule has 0 heterocycles. The van der Waals surface area contributed by atoms with Crippen molar-refractivity contribution >= 4 is 17.5 Å². The topological polar surface area (TPSA) is 111 Å². The summed E-state index contributed by atoms with van der Waals surface area (Å²) in [4.78, 5) is 33.7. The van der Waals surface area contributed by atoms with Crippen LogP contribution >= 0.6 is 0 Å². The maximum absolute atomic E-state index is 11.8. The van der Waals surface area contributed by atoms with Gasteiger partial charge in [-0.25, -0.2) is 0 Å². The van der Waals surface area contributed by atoms with Crippen LogP contribution in [0.1, 0.15) is 27.7 Å². The zero-order chi connectivity index (χ0) is 17.6. The molecule has 8 nitrogen and oxygen atoms in total. The third kappa shape index (κ3) is 6.77. The summed E-state index contributed by atoms with van der Waals surface area (Å²) in [5.41, 5.74) is -0.518. The Morgan fingerprint density at radius 2 is 2.00 bits per heavy atom. The van der Waals surface area contributed by atoms with E-state index in [1.165, 1.54) is 24.3 Å². The van der Waals surface area contributed by atoms with Crippen LogP contribution in [0.25, 0.3) is 0 Å². The van der Waals surface area contributed by atoms with E-state index in [4.69, 9.17) is 4.74 Å². The molecule has 1 unspecified atom stereocenters. The molecule has 0 aliphatic rings. The lowest BCUT2D eigenvalue weighted by Gasteiger charge is -2.23. The molecular formula is C15H21N3O5. The molecule has 1 atom stereocenters. The van der Waals surface area contributed by atoms with Crippen molar-refractivity contribution in [2.75, 3.05) is 6.61 Å². The molecule has 0 spiro atoms. The van der Waals surface area contributed by atoms with E-state index in [9.17, 15) is 19.7 Å². The van der Waals surface area contributed by atoms with Crippen LogP contribution in [-0.2, 0) is 9.59 Å². The van der Waals surface area contributed by atoms with Crippen LogP contribution in [0.15, 0.2) is 24.3 Å². The third-order valence-corrected chi connectivity index (χ3v) is 2.67. The summed E-state index contributed by atoms with van der Waals surface area (Å²) in [7, 11) is 0. The van der Waals surface area contributed by atoms with Crippen molar-refractivity contribution in [3.8, 4) is 5.75 Å². The first-order valence-electron chi connectivity index (χ1n) is 7.07. The predicted molar refractivity (Wildman–Crippen MR) is 84.1 cm³/mol. The minimum atomic E-state index is -0.713. The number of ether oxygens (including phenoxy) is 1. The van der Waals surface area contributed by atoms with Gasteiger partial charge in [-0.15, -0.1) is 0 Å². The molecule has 1 aromatic carbocycles. The molecule has 0 fully saturated rings. The van der Waals surface area contributed by atoms with Crippen LogP contribution in [0.4, 0.5) is 5.69 Å². The number of non-ortho nitro benzene ring substituents is 1. The van der Waals surface area contributed by atoms with Gasteiger partial charge in [0.15, 0.2) is 6.61 Å². The van der Waals surface area contributed by atoms with Gasteiger partial charge in [0, 0.05) is 11.6 Å². The van der Waals surface area contributed by atoms with E-state index in [-0.39, 0.29) is 24.0 Å². The summed E-state index contributed by atoms with van der Waals surface area (Å²) < 4.78 is 5.19. The third-order valence-electron chi connectivity index (χ3n) is 2.67. The molecule has 23 heavy (non-hydrogen) atoms. The molecule has 0 aliphatic heterocycles. The first kappa shape index (κ1) is 18.4. The highest BCUT2D eigenvalue weighted by molar-refractivity contribution is 5.88. The van der Waals surface area contributed by atoms with Gasteiger partial charge in [0.2, 0.25) is 5.91 Å². The molecule has 0 saturated heterocycles. The number of carbonyl (C=O) groups excluding carboxylic acids is 2. The average molecular weight is 323 g/mol. The number of carbonyl (C=O) groups is 2. The standard InChI is InChI=1S/C15H21N3O5/c1-10(14(20)17-15(2,3)4)16-13(19)9-23-12-7-5-6-11(8-12)18(21)22/h5-8,10H,9H2,1-4H3,(H,16,19)(H,17,20). The molecule has 0 bridgehead atoms. The Bertz CT molecular complexity index is 595. The SMILES string of the molecule is CC(NC(=O)COc1cccc([N+](=O)[O-])c1)C(=O)NC(C)(C)C. The van der Waals surface area contributed by atoms with Crippen LogP contribution in [-0.4, -0.2) is 34.9 Å². The van der Waals surface area contributed by atoms with E-state index in [1.807, 2.05) is 20.8 Å². The van der Waals surface area contributed by atoms with Crippen molar-refractivity contribution < 1.29 is 19.2 Å². The highest BCUT2D eigenvalue weighted by Gasteiger charge is 2.20. The van der Waals surface area contributed by atoms with Crippen LogP contribution in [0.3, 0.4) is 0 Å². The summed E-state index contributed by atoms with van der Waals surface area (Å²) >= 11 is 0. The summed E-state index contributed by atoms with van der Waals surface area (Å²) in [5, 5.41) is 15.9. The number of rotatable bonds is 6. The number of nitrogens with zero attached hydrogens (tertiary/aromatic N) is 1. The number of hydrogen-bond acceptors (Lipinski definition) is 5. The second kappa shape index (κ2) is 7.57. The Kier molecular flexibility index (Phi) is 6.06. The first-order chi connectivity index (χ1) is 10.6. The number of nitro groups is 1. The Hall–Kier alpha value is -2.64. The Morgan fingerprint density at radius 3 is 2.57 bits per heavy atom. The maximum Gasteiger partial charge on any atom is 0.273 e. The minimum absolute atomic E-state index is 0.124. The van der Waals surface area contributed by atoms with Crippen molar-refractivity contribution in [2.45, 2.75) is 39.3 Å². The van der Waals surface area contributed by atoms with Gasteiger partial charge in [-0.2, -0.15) is 0 Å². The summed E-state index contributed by atoms with van der Waals surface area (Å²) in [6.07, 6.45) is 0. The summed E-state index contributed by atoms with van der Waals surface area (Å²) in [5.74, 6) is -0.588. The molecule has 1 aromatic rings. The second-order valence-electron chi connectivity index (χ2n) is 6.07. The molecule has 0 radical (unpaired) electrons. The van der Waals surface area contributed by atoms with E-state index >= 15 is 0 Å². The normalized spacial score (nSPS) is 12.2. The molecule has 2 N–H and O–H groups in total. The lowest BCUT2D eigenvalue weighted by atomic mass is 10.1. The number of hydrogen-bond donors (Lipinski definition) is 2. The highest BCUT2D eigenvalue weighted by atomic mass is 16.6. The maximum atomic E-state index is 11.8. The number of benzene rings is 1. The van der Waals surface area contributed by atoms with Gasteiger partial charge in [0.05, 0.1) is 11.0 Å². The van der Waals surface area contributed by atoms with Gasteiger partial charge in [-0.05, 0) is 33.8 Å². The van der Waals surface area contributed by atoms with Crippen molar-refractivity contribution in [1.82, 2.24) is 10.6 Å². The highest BCUT2D eigenvalue weighted by Crippen LogP contribution is 2.18. The molecule has 0 aromatic heterocycles. The zero-order valence-electron chi connectivity index (χ0n) is 13.6. The van der Waals surface area contributed by atoms with Gasteiger partial charge >= 0.3 is 0 Å². The quantitative estimate of drug-likeness (QED) is 0.607. The van der Waals surface area contributed by atoms with E-state index in [0.29, 0.717) is 0 Å². The van der Waals surface area contributed by atoms with E-state index in [1.54, 1.807) is 6.92 Å². The minimum Gasteiger partial charge on any atom is -0.484 e. The predicted octanol–water partition coefficient (Wildman–Crippen LogP) is 1.39. The first-order valence-corrected chi connectivity index (χ1v) is 7.07. The lowest BCUT2D eigenvalue weighted by Crippen LogP contribution is -2.51.